The quantitative estimate of drug-likeness (QED) is 0.784. The summed E-state index contributed by atoms with van der Waals surface area (Å²) in [6.07, 6.45) is 2.11. The highest BCUT2D eigenvalue weighted by molar-refractivity contribution is 5.98. The molecule has 0 spiro atoms. The number of aromatic amines is 1. The largest absolute Gasteiger partial charge is 0.370 e. The molecule has 6 nitrogen and oxygen atoms in total. The maximum absolute atomic E-state index is 11.9. The third-order valence-corrected chi connectivity index (χ3v) is 3.58. The van der Waals surface area contributed by atoms with Crippen molar-refractivity contribution in [3.8, 4) is 0 Å². The van der Waals surface area contributed by atoms with Crippen molar-refractivity contribution in [2.75, 3.05) is 11.9 Å². The van der Waals surface area contributed by atoms with Crippen molar-refractivity contribution >= 4 is 47.4 Å². The molecule has 1 unspecified atom stereocenters. The molecule has 23 heavy (non-hydrogen) atoms. The first-order valence-electron chi connectivity index (χ1n) is 7.15. The number of nitrogens with zero attached hydrogens (tertiary/aromatic N) is 1. The molecule has 0 aliphatic carbocycles. The number of ether oxygens (including phenoxy) is 1. The normalized spacial score (nSPS) is 17.4. The Balaban J connectivity index is 0.00000132. The van der Waals surface area contributed by atoms with Crippen molar-refractivity contribution in [2.45, 2.75) is 38.3 Å². The van der Waals surface area contributed by atoms with Crippen LogP contribution in [0.1, 0.15) is 38.6 Å². The molecule has 1 amide bonds. The molecule has 0 saturated carbocycles. The van der Waals surface area contributed by atoms with Crippen LogP contribution in [0.4, 0.5) is 5.69 Å². The Kier molecular flexibility index (Phi) is 6.41. The van der Waals surface area contributed by atoms with Gasteiger partial charge in [0.2, 0.25) is 5.91 Å². The van der Waals surface area contributed by atoms with Gasteiger partial charge in [-0.15, -0.1) is 24.8 Å². The van der Waals surface area contributed by atoms with E-state index in [0.717, 1.165) is 36.3 Å². The second-order valence-corrected chi connectivity index (χ2v) is 6.03. The van der Waals surface area contributed by atoms with Crippen LogP contribution in [0.15, 0.2) is 18.2 Å². The van der Waals surface area contributed by atoms with Crippen molar-refractivity contribution in [3.05, 3.63) is 24.0 Å². The van der Waals surface area contributed by atoms with Crippen molar-refractivity contribution < 1.29 is 9.53 Å². The van der Waals surface area contributed by atoms with Gasteiger partial charge < -0.3 is 20.8 Å². The molecule has 0 radical (unpaired) electrons. The molecule has 1 saturated heterocycles. The van der Waals surface area contributed by atoms with Crippen LogP contribution in [-0.4, -0.2) is 28.0 Å². The van der Waals surface area contributed by atoms with Crippen molar-refractivity contribution in [3.63, 3.8) is 0 Å². The van der Waals surface area contributed by atoms with Crippen LogP contribution in [0.2, 0.25) is 0 Å². The number of rotatable bonds is 3. The zero-order chi connectivity index (χ0) is 15.0. The van der Waals surface area contributed by atoms with E-state index in [2.05, 4.69) is 15.3 Å². The lowest BCUT2D eigenvalue weighted by molar-refractivity contribution is -0.120. The summed E-state index contributed by atoms with van der Waals surface area (Å²) in [5, 5.41) is 2.81. The maximum Gasteiger partial charge on any atom is 0.243 e. The molecule has 0 bridgehead atoms. The summed E-state index contributed by atoms with van der Waals surface area (Å²) in [7, 11) is 0. The van der Waals surface area contributed by atoms with Gasteiger partial charge in [-0.2, -0.15) is 0 Å². The Bertz CT molecular complexity index is 676. The highest BCUT2D eigenvalue weighted by Crippen LogP contribution is 2.28. The number of benzene rings is 1. The molecule has 1 aromatic heterocycles. The summed E-state index contributed by atoms with van der Waals surface area (Å²) in [6.45, 7) is 4.13. The van der Waals surface area contributed by atoms with Crippen LogP contribution in [0.3, 0.4) is 0 Å². The fraction of sp³-hybridized carbons (Fsp3) is 0.467. The minimum atomic E-state index is -0.911. The van der Waals surface area contributed by atoms with Crippen LogP contribution >= 0.6 is 24.8 Å². The predicted octanol–water partition coefficient (Wildman–Crippen LogP) is 2.93. The number of fused-ring (bicyclic) bond motifs is 1. The molecule has 1 aliphatic heterocycles. The number of halogens is 2. The van der Waals surface area contributed by atoms with Gasteiger partial charge >= 0.3 is 0 Å². The predicted molar refractivity (Wildman–Crippen MR) is 95.4 cm³/mol. The number of hydrogen-bond acceptors (Lipinski definition) is 4. The van der Waals surface area contributed by atoms with E-state index in [4.69, 9.17) is 10.5 Å². The minimum Gasteiger partial charge on any atom is -0.370 e. The van der Waals surface area contributed by atoms with Crippen molar-refractivity contribution in [2.24, 2.45) is 5.73 Å². The van der Waals surface area contributed by atoms with Gasteiger partial charge in [0.05, 0.1) is 16.6 Å². The number of anilines is 1. The van der Waals surface area contributed by atoms with Gasteiger partial charge in [0, 0.05) is 12.3 Å². The van der Waals surface area contributed by atoms with Crippen LogP contribution in [0.25, 0.3) is 11.0 Å². The Morgan fingerprint density at radius 3 is 2.78 bits per heavy atom. The van der Waals surface area contributed by atoms with Crippen LogP contribution in [-0.2, 0) is 9.53 Å². The molecule has 4 N–H and O–H groups in total. The number of imidazole rings is 1. The number of H-pyrrole nitrogens is 1. The number of nitrogens with two attached hydrogens (primary N) is 1. The second-order valence-electron chi connectivity index (χ2n) is 6.03. The van der Waals surface area contributed by atoms with E-state index in [1.807, 2.05) is 18.2 Å². The molecule has 2 heterocycles. The molecule has 128 valence electrons. The van der Waals surface area contributed by atoms with Gasteiger partial charge in [-0.1, -0.05) is 0 Å². The molecular formula is C15H22Cl2N4O2. The highest BCUT2D eigenvalue weighted by atomic mass is 35.5. The van der Waals surface area contributed by atoms with Gasteiger partial charge in [0.25, 0.3) is 0 Å². The van der Waals surface area contributed by atoms with E-state index >= 15 is 0 Å². The number of hydrogen-bond donors (Lipinski definition) is 3. The van der Waals surface area contributed by atoms with Gasteiger partial charge in [-0.3, -0.25) is 4.79 Å². The molecule has 3 rings (SSSR count). The topological polar surface area (TPSA) is 93.0 Å². The first-order valence-corrected chi connectivity index (χ1v) is 7.15. The van der Waals surface area contributed by atoms with E-state index in [-0.39, 0.29) is 36.8 Å². The molecule has 2 aromatic rings. The Morgan fingerprint density at radius 1 is 1.43 bits per heavy atom. The molecule has 1 atom stereocenters. The zero-order valence-corrected chi connectivity index (χ0v) is 14.7. The number of carbonyl (C=O) groups excluding carboxylic acids is 1. The second kappa shape index (κ2) is 7.49. The van der Waals surface area contributed by atoms with Crippen LogP contribution < -0.4 is 11.1 Å². The van der Waals surface area contributed by atoms with E-state index in [9.17, 15) is 4.79 Å². The average Bonchev–Trinajstić information content (AvgIpc) is 3.05. The highest BCUT2D eigenvalue weighted by Gasteiger charge is 2.23. The number of aromatic nitrogens is 2. The number of carbonyl (C=O) groups is 1. The third-order valence-electron chi connectivity index (χ3n) is 3.58. The van der Waals surface area contributed by atoms with Crippen molar-refractivity contribution in [1.29, 1.82) is 0 Å². The Hall–Kier alpha value is -1.34. The number of amides is 1. The first-order chi connectivity index (χ1) is 9.93. The maximum atomic E-state index is 11.9. The summed E-state index contributed by atoms with van der Waals surface area (Å²) in [4.78, 5) is 19.7. The summed E-state index contributed by atoms with van der Waals surface area (Å²) in [5.74, 6) is 0.630. The molecule has 1 fully saturated rings. The summed E-state index contributed by atoms with van der Waals surface area (Å²) in [6, 6.07) is 5.57. The Labute approximate surface area is 147 Å². The zero-order valence-electron chi connectivity index (χ0n) is 13.1. The van der Waals surface area contributed by atoms with E-state index in [1.165, 1.54) is 0 Å². The number of nitrogens with one attached hydrogen (secondary N) is 2. The van der Waals surface area contributed by atoms with Crippen LogP contribution in [0.5, 0.6) is 0 Å². The SMILES string of the molecule is CC(C)(N)C(=O)Nc1ccc2nc(C3CCCO3)[nH]c2c1.Cl.Cl. The summed E-state index contributed by atoms with van der Waals surface area (Å²) < 4.78 is 5.63. The molecular weight excluding hydrogens is 339 g/mol. The van der Waals surface area contributed by atoms with Gasteiger partial charge in [0.15, 0.2) is 0 Å². The fourth-order valence-electron chi connectivity index (χ4n) is 2.35. The van der Waals surface area contributed by atoms with Crippen LogP contribution in [0, 0.1) is 0 Å². The monoisotopic (exact) mass is 360 g/mol. The van der Waals surface area contributed by atoms with Gasteiger partial charge in [0.1, 0.15) is 11.9 Å². The lowest BCUT2D eigenvalue weighted by Crippen LogP contribution is -2.45. The third kappa shape index (κ3) is 4.35. The lowest BCUT2D eigenvalue weighted by Gasteiger charge is -2.17. The molecule has 8 heteroatoms. The van der Waals surface area contributed by atoms with E-state index in [1.54, 1.807) is 13.8 Å². The van der Waals surface area contributed by atoms with Gasteiger partial charge in [-0.05, 0) is 44.9 Å². The molecule has 1 aromatic carbocycles. The Morgan fingerprint density at radius 2 is 2.17 bits per heavy atom. The summed E-state index contributed by atoms with van der Waals surface area (Å²) in [5.41, 5.74) is 7.32. The standard InChI is InChI=1S/C15H20N4O2.2ClH/c1-15(2,16)14(20)17-9-5-6-10-11(8-9)19-13(18-10)12-4-3-7-21-12;;/h5-6,8,12H,3-4,7,16H2,1-2H3,(H,17,20)(H,18,19);2*1H. The fourth-order valence-corrected chi connectivity index (χ4v) is 2.35. The lowest BCUT2D eigenvalue weighted by atomic mass is 10.1. The first kappa shape index (κ1) is 19.7. The van der Waals surface area contributed by atoms with E-state index in [0.29, 0.717) is 5.69 Å². The summed E-state index contributed by atoms with van der Waals surface area (Å²) >= 11 is 0. The smallest absolute Gasteiger partial charge is 0.243 e. The van der Waals surface area contributed by atoms with Crippen molar-refractivity contribution in [1.82, 2.24) is 9.97 Å². The van der Waals surface area contributed by atoms with E-state index < -0.39 is 5.54 Å². The minimum absolute atomic E-state index is 0. The molecule has 1 aliphatic rings. The average molecular weight is 361 g/mol. The van der Waals surface area contributed by atoms with Gasteiger partial charge in [-0.25, -0.2) is 4.98 Å².